The summed E-state index contributed by atoms with van der Waals surface area (Å²) in [6, 6.07) is 3.77. The summed E-state index contributed by atoms with van der Waals surface area (Å²) < 4.78 is 56.9. The van der Waals surface area contributed by atoms with Crippen LogP contribution in [0.3, 0.4) is 0 Å². The summed E-state index contributed by atoms with van der Waals surface area (Å²) in [5.41, 5.74) is 0. The molecule has 0 spiro atoms. The first-order valence-electron chi connectivity index (χ1n) is 8.63. The van der Waals surface area contributed by atoms with Crippen LogP contribution >= 0.6 is 0 Å². The van der Waals surface area contributed by atoms with E-state index in [1.54, 1.807) is 25.7 Å². The second-order valence-electron chi connectivity index (χ2n) is 6.17. The Bertz CT molecular complexity index is 1130. The third kappa shape index (κ3) is 5.54. The lowest BCUT2D eigenvalue weighted by Gasteiger charge is -2.14. The molecule has 30 heavy (non-hydrogen) atoms. The zero-order chi connectivity index (χ0) is 22.5. The van der Waals surface area contributed by atoms with Gasteiger partial charge < -0.3 is 9.64 Å². The highest BCUT2D eigenvalue weighted by atomic mass is 32.2. The molecular formula is C16H22N6O6S2. The van der Waals surface area contributed by atoms with Gasteiger partial charge in [0.05, 0.1) is 17.8 Å². The summed E-state index contributed by atoms with van der Waals surface area (Å²) in [4.78, 5) is 24.6. The van der Waals surface area contributed by atoms with Crippen LogP contribution in [0.2, 0.25) is 0 Å². The smallest absolute Gasteiger partial charge is 0.335 e. The van der Waals surface area contributed by atoms with Gasteiger partial charge in [0.25, 0.3) is 10.0 Å². The molecule has 0 aliphatic heterocycles. The van der Waals surface area contributed by atoms with Gasteiger partial charge in [0.2, 0.25) is 11.9 Å². The molecule has 1 heterocycles. The van der Waals surface area contributed by atoms with Crippen LogP contribution in [0.25, 0.3) is 0 Å². The number of sulfone groups is 1. The zero-order valence-electron chi connectivity index (χ0n) is 16.8. The SMILES string of the molecule is CCCS(=O)(=O)c1ccccc1S(=O)(=O)NC(=O)Nc1nc(OC)nc(N(C)C)n1. The molecule has 0 saturated heterocycles. The van der Waals surface area contributed by atoms with Gasteiger partial charge in [-0.25, -0.2) is 26.4 Å². The number of methoxy groups -OCH3 is 1. The van der Waals surface area contributed by atoms with Gasteiger partial charge >= 0.3 is 12.0 Å². The van der Waals surface area contributed by atoms with Crippen molar-refractivity contribution < 1.29 is 26.4 Å². The molecule has 2 rings (SSSR count). The fraction of sp³-hybridized carbons (Fsp3) is 0.375. The van der Waals surface area contributed by atoms with Crippen molar-refractivity contribution in [3.05, 3.63) is 24.3 Å². The maximum absolute atomic E-state index is 12.7. The number of nitrogens with zero attached hydrogens (tertiary/aromatic N) is 4. The Morgan fingerprint density at radius 3 is 2.27 bits per heavy atom. The van der Waals surface area contributed by atoms with Crippen molar-refractivity contribution in [3.8, 4) is 6.01 Å². The van der Waals surface area contributed by atoms with E-state index >= 15 is 0 Å². The summed E-state index contributed by atoms with van der Waals surface area (Å²) in [6.45, 7) is 1.66. The summed E-state index contributed by atoms with van der Waals surface area (Å²) in [5.74, 6) is -0.329. The lowest BCUT2D eigenvalue weighted by atomic mass is 10.4. The minimum atomic E-state index is -4.51. The van der Waals surface area contributed by atoms with Gasteiger partial charge in [0.15, 0.2) is 9.84 Å². The number of amides is 2. The van der Waals surface area contributed by atoms with Gasteiger partial charge in [-0.2, -0.15) is 15.0 Å². The van der Waals surface area contributed by atoms with E-state index in [1.165, 1.54) is 30.2 Å². The van der Waals surface area contributed by atoms with E-state index in [9.17, 15) is 21.6 Å². The Morgan fingerprint density at radius 2 is 1.70 bits per heavy atom. The molecule has 0 fully saturated rings. The standard InChI is InChI=1S/C16H22N6O6S2/c1-5-10-29(24,25)11-8-6-7-9-12(11)30(26,27)21-15(23)18-13-17-14(22(2)3)20-16(19-13)28-4/h6-9H,5,10H2,1-4H3,(H2,17,18,19,20,21,23). The zero-order valence-corrected chi connectivity index (χ0v) is 18.4. The molecule has 12 nitrogen and oxygen atoms in total. The summed E-state index contributed by atoms with van der Waals surface area (Å²) in [6.07, 6.45) is 0.306. The molecule has 2 amide bonds. The molecule has 2 aromatic rings. The fourth-order valence-corrected chi connectivity index (χ4v) is 5.43. The number of sulfonamides is 1. The topological polar surface area (TPSA) is 161 Å². The predicted molar refractivity (Wildman–Crippen MR) is 109 cm³/mol. The van der Waals surface area contributed by atoms with Crippen molar-refractivity contribution >= 4 is 37.8 Å². The van der Waals surface area contributed by atoms with Crippen LogP contribution in [-0.4, -0.2) is 64.8 Å². The Balaban J connectivity index is 2.31. The van der Waals surface area contributed by atoms with Gasteiger partial charge in [-0.1, -0.05) is 19.1 Å². The number of hydrogen-bond donors (Lipinski definition) is 2. The first-order valence-corrected chi connectivity index (χ1v) is 11.8. The quantitative estimate of drug-likeness (QED) is 0.574. The fourth-order valence-electron chi connectivity index (χ4n) is 2.30. The minimum Gasteiger partial charge on any atom is -0.467 e. The number of urea groups is 1. The highest BCUT2D eigenvalue weighted by Gasteiger charge is 2.27. The molecule has 1 aromatic carbocycles. The molecule has 164 valence electrons. The van der Waals surface area contributed by atoms with Gasteiger partial charge in [-0.15, -0.1) is 0 Å². The van der Waals surface area contributed by atoms with Crippen LogP contribution in [-0.2, 0) is 19.9 Å². The summed E-state index contributed by atoms with van der Waals surface area (Å²) in [5, 5.41) is 2.17. The summed E-state index contributed by atoms with van der Waals surface area (Å²) >= 11 is 0. The Hall–Kier alpha value is -3.00. The van der Waals surface area contributed by atoms with Crippen molar-refractivity contribution in [1.82, 2.24) is 19.7 Å². The van der Waals surface area contributed by atoms with Gasteiger partial charge in [0.1, 0.15) is 4.90 Å². The van der Waals surface area contributed by atoms with Crippen molar-refractivity contribution in [2.75, 3.05) is 37.2 Å². The molecule has 14 heteroatoms. The van der Waals surface area contributed by atoms with Crippen molar-refractivity contribution in [2.24, 2.45) is 0 Å². The average Bonchev–Trinajstić information content (AvgIpc) is 2.67. The molecule has 1 aromatic heterocycles. The van der Waals surface area contributed by atoms with Crippen LogP contribution in [0.15, 0.2) is 34.1 Å². The van der Waals surface area contributed by atoms with Crippen LogP contribution in [0, 0.1) is 0 Å². The van der Waals surface area contributed by atoms with E-state index in [4.69, 9.17) is 4.74 Å². The molecule has 0 atom stereocenters. The number of carbonyl (C=O) groups excluding carboxylic acids is 1. The highest BCUT2D eigenvalue weighted by molar-refractivity contribution is 7.94. The van der Waals surface area contributed by atoms with E-state index in [0.717, 1.165) is 6.07 Å². The number of aromatic nitrogens is 3. The van der Waals surface area contributed by atoms with E-state index in [2.05, 4.69) is 20.3 Å². The largest absolute Gasteiger partial charge is 0.467 e. The number of rotatable bonds is 8. The highest BCUT2D eigenvalue weighted by Crippen LogP contribution is 2.22. The molecule has 0 bridgehead atoms. The maximum atomic E-state index is 12.7. The first kappa shape index (κ1) is 23.3. The number of anilines is 2. The normalized spacial score (nSPS) is 11.6. The van der Waals surface area contributed by atoms with Crippen molar-refractivity contribution in [1.29, 1.82) is 0 Å². The molecule has 0 aliphatic rings. The van der Waals surface area contributed by atoms with Crippen LogP contribution in [0.1, 0.15) is 13.3 Å². The maximum Gasteiger partial charge on any atom is 0.335 e. The molecule has 0 unspecified atom stereocenters. The van der Waals surface area contributed by atoms with Gasteiger partial charge in [0, 0.05) is 14.1 Å². The lowest BCUT2D eigenvalue weighted by Crippen LogP contribution is -2.35. The number of carbonyl (C=O) groups is 1. The Morgan fingerprint density at radius 1 is 1.07 bits per heavy atom. The monoisotopic (exact) mass is 458 g/mol. The molecule has 0 saturated carbocycles. The van der Waals surface area contributed by atoms with E-state index in [-0.39, 0.29) is 28.6 Å². The van der Waals surface area contributed by atoms with E-state index < -0.39 is 30.8 Å². The average molecular weight is 459 g/mol. The van der Waals surface area contributed by atoms with Crippen LogP contribution in [0.5, 0.6) is 6.01 Å². The van der Waals surface area contributed by atoms with E-state index in [0.29, 0.717) is 6.42 Å². The van der Waals surface area contributed by atoms with Crippen LogP contribution < -0.4 is 19.7 Å². The molecular weight excluding hydrogens is 436 g/mol. The van der Waals surface area contributed by atoms with Gasteiger partial charge in [-0.05, 0) is 18.6 Å². The third-order valence-electron chi connectivity index (χ3n) is 3.58. The lowest BCUT2D eigenvalue weighted by molar-refractivity contribution is 0.256. The second-order valence-corrected chi connectivity index (χ2v) is 9.89. The Labute approximate surface area is 174 Å². The van der Waals surface area contributed by atoms with Crippen LogP contribution in [0.4, 0.5) is 16.7 Å². The van der Waals surface area contributed by atoms with E-state index in [1.807, 2.05) is 0 Å². The van der Waals surface area contributed by atoms with Crippen molar-refractivity contribution in [2.45, 2.75) is 23.1 Å². The number of benzene rings is 1. The minimum absolute atomic E-state index is 0.0946. The molecule has 0 aliphatic carbocycles. The number of hydrogen-bond acceptors (Lipinski definition) is 10. The number of nitrogens with one attached hydrogen (secondary N) is 2. The first-order chi connectivity index (χ1) is 14.0. The Kier molecular flexibility index (Phi) is 7.15. The van der Waals surface area contributed by atoms with Crippen molar-refractivity contribution in [3.63, 3.8) is 0 Å². The van der Waals surface area contributed by atoms with Gasteiger partial charge in [-0.3, -0.25) is 5.32 Å². The number of ether oxygens (including phenoxy) is 1. The second kappa shape index (κ2) is 9.21. The predicted octanol–water partition coefficient (Wildman–Crippen LogP) is 0.640. The molecule has 2 N–H and O–H groups in total. The third-order valence-corrected chi connectivity index (χ3v) is 7.07. The molecule has 0 radical (unpaired) electrons. The summed E-state index contributed by atoms with van der Waals surface area (Å²) in [7, 11) is -3.74.